The molecule has 2 heterocycles. The van der Waals surface area contributed by atoms with Crippen LogP contribution in [0, 0.1) is 5.92 Å². The molecule has 1 amide bonds. The van der Waals surface area contributed by atoms with Crippen LogP contribution in [0.5, 0.6) is 0 Å². The molecule has 5 heteroatoms. The van der Waals surface area contributed by atoms with E-state index < -0.39 is 0 Å². The van der Waals surface area contributed by atoms with Crippen LogP contribution in [0.3, 0.4) is 0 Å². The van der Waals surface area contributed by atoms with Gasteiger partial charge in [0.05, 0.1) is 6.10 Å². The van der Waals surface area contributed by atoms with E-state index in [1.165, 1.54) is 23.3 Å². The van der Waals surface area contributed by atoms with Crippen molar-refractivity contribution < 1.29 is 9.53 Å². The summed E-state index contributed by atoms with van der Waals surface area (Å²) in [6, 6.07) is 8.91. The third-order valence-electron chi connectivity index (χ3n) is 5.60. The second-order valence-electron chi connectivity index (χ2n) is 7.55. The SMILES string of the molecule is CSc1ccc(CN2CCC(CCC(=O)NC[C@@H]3CCCO3)CC2)cc1. The van der Waals surface area contributed by atoms with Gasteiger partial charge in [0.2, 0.25) is 5.91 Å². The number of amides is 1. The van der Waals surface area contributed by atoms with Gasteiger partial charge < -0.3 is 10.1 Å². The van der Waals surface area contributed by atoms with Gasteiger partial charge in [-0.05, 0) is 75.1 Å². The third kappa shape index (κ3) is 6.29. The van der Waals surface area contributed by atoms with Crippen molar-refractivity contribution in [2.45, 2.75) is 56.1 Å². The molecule has 4 nitrogen and oxygen atoms in total. The van der Waals surface area contributed by atoms with Crippen molar-refractivity contribution in [1.29, 1.82) is 0 Å². The summed E-state index contributed by atoms with van der Waals surface area (Å²) in [5.74, 6) is 0.885. The van der Waals surface area contributed by atoms with Crippen LogP contribution in [0.25, 0.3) is 0 Å². The van der Waals surface area contributed by atoms with Gasteiger partial charge in [0.1, 0.15) is 0 Å². The molecule has 26 heavy (non-hydrogen) atoms. The molecular formula is C21H32N2O2S. The normalized spacial score (nSPS) is 21.8. The largest absolute Gasteiger partial charge is 0.376 e. The highest BCUT2D eigenvalue weighted by molar-refractivity contribution is 7.98. The number of carbonyl (C=O) groups excluding carboxylic acids is 1. The predicted octanol–water partition coefficient (Wildman–Crippen LogP) is 3.70. The predicted molar refractivity (Wildman–Crippen MR) is 107 cm³/mol. The zero-order valence-corrected chi connectivity index (χ0v) is 16.7. The highest BCUT2D eigenvalue weighted by atomic mass is 32.2. The second-order valence-corrected chi connectivity index (χ2v) is 8.43. The fourth-order valence-corrected chi connectivity index (χ4v) is 4.29. The second kappa shape index (κ2) is 10.3. The van der Waals surface area contributed by atoms with Crippen molar-refractivity contribution >= 4 is 17.7 Å². The van der Waals surface area contributed by atoms with Gasteiger partial charge in [0.25, 0.3) is 0 Å². The van der Waals surface area contributed by atoms with E-state index in [1.54, 1.807) is 11.8 Å². The third-order valence-corrected chi connectivity index (χ3v) is 6.35. The maximum atomic E-state index is 12.0. The Bertz CT molecular complexity index is 550. The van der Waals surface area contributed by atoms with Gasteiger partial charge in [-0.2, -0.15) is 0 Å². The zero-order valence-electron chi connectivity index (χ0n) is 15.9. The summed E-state index contributed by atoms with van der Waals surface area (Å²) in [5.41, 5.74) is 1.40. The average Bonchev–Trinajstić information content (AvgIpc) is 3.20. The Morgan fingerprint density at radius 2 is 2.00 bits per heavy atom. The topological polar surface area (TPSA) is 41.6 Å². The van der Waals surface area contributed by atoms with Crippen molar-refractivity contribution in [3.05, 3.63) is 29.8 Å². The highest BCUT2D eigenvalue weighted by Gasteiger charge is 2.21. The van der Waals surface area contributed by atoms with E-state index in [4.69, 9.17) is 4.74 Å². The quantitative estimate of drug-likeness (QED) is 0.703. The molecule has 0 aromatic heterocycles. The fourth-order valence-electron chi connectivity index (χ4n) is 3.88. The molecule has 0 radical (unpaired) electrons. The molecule has 0 spiro atoms. The molecule has 1 N–H and O–H groups in total. The molecule has 2 aliphatic rings. The molecular weight excluding hydrogens is 344 g/mol. The Balaban J connectivity index is 1.29. The number of hydrogen-bond donors (Lipinski definition) is 1. The van der Waals surface area contributed by atoms with Crippen LogP contribution in [-0.4, -0.2) is 49.4 Å². The summed E-state index contributed by atoms with van der Waals surface area (Å²) in [7, 11) is 0. The van der Waals surface area contributed by atoms with Crippen molar-refractivity contribution in [1.82, 2.24) is 10.2 Å². The lowest BCUT2D eigenvalue weighted by molar-refractivity contribution is -0.122. The summed E-state index contributed by atoms with van der Waals surface area (Å²) in [6.45, 7) is 4.87. The minimum Gasteiger partial charge on any atom is -0.376 e. The van der Waals surface area contributed by atoms with Crippen molar-refractivity contribution in [3.8, 4) is 0 Å². The van der Waals surface area contributed by atoms with Gasteiger partial charge in [-0.3, -0.25) is 9.69 Å². The number of thioether (sulfide) groups is 1. The van der Waals surface area contributed by atoms with Crippen LogP contribution >= 0.6 is 11.8 Å². The summed E-state index contributed by atoms with van der Waals surface area (Å²) in [4.78, 5) is 15.9. The molecule has 2 fully saturated rings. The lowest BCUT2D eigenvalue weighted by atomic mass is 9.92. The fraction of sp³-hybridized carbons (Fsp3) is 0.667. The zero-order chi connectivity index (χ0) is 18.2. The first-order valence-electron chi connectivity index (χ1n) is 9.96. The smallest absolute Gasteiger partial charge is 0.220 e. The number of piperidine rings is 1. The highest BCUT2D eigenvalue weighted by Crippen LogP contribution is 2.24. The van der Waals surface area contributed by atoms with Crippen LogP contribution in [0.1, 0.15) is 44.1 Å². The maximum absolute atomic E-state index is 12.0. The number of likely N-dealkylation sites (tertiary alicyclic amines) is 1. The van der Waals surface area contributed by atoms with Crippen LogP contribution in [0.2, 0.25) is 0 Å². The van der Waals surface area contributed by atoms with Crippen molar-refractivity contribution in [3.63, 3.8) is 0 Å². The molecule has 0 bridgehead atoms. The van der Waals surface area contributed by atoms with E-state index in [2.05, 4.69) is 40.7 Å². The number of rotatable bonds is 8. The number of nitrogens with one attached hydrogen (secondary N) is 1. The van der Waals surface area contributed by atoms with Crippen LogP contribution in [0.15, 0.2) is 29.2 Å². The average molecular weight is 377 g/mol. The number of nitrogens with zero attached hydrogens (tertiary/aromatic N) is 1. The molecule has 0 unspecified atom stereocenters. The van der Waals surface area contributed by atoms with Gasteiger partial charge in [-0.15, -0.1) is 11.8 Å². The van der Waals surface area contributed by atoms with Crippen LogP contribution < -0.4 is 5.32 Å². The lowest BCUT2D eigenvalue weighted by Gasteiger charge is -2.32. The Morgan fingerprint density at radius 1 is 1.23 bits per heavy atom. The van der Waals surface area contributed by atoms with Crippen molar-refractivity contribution in [2.24, 2.45) is 5.92 Å². The van der Waals surface area contributed by atoms with Gasteiger partial charge >= 0.3 is 0 Å². The number of ether oxygens (including phenoxy) is 1. The molecule has 1 aromatic carbocycles. The minimum atomic E-state index is 0.191. The van der Waals surface area contributed by atoms with Crippen LogP contribution in [0.4, 0.5) is 0 Å². The summed E-state index contributed by atoms with van der Waals surface area (Å²) < 4.78 is 5.55. The molecule has 144 valence electrons. The van der Waals surface area contributed by atoms with E-state index in [0.717, 1.165) is 45.5 Å². The van der Waals surface area contributed by atoms with E-state index >= 15 is 0 Å². The number of benzene rings is 1. The van der Waals surface area contributed by atoms with E-state index in [-0.39, 0.29) is 12.0 Å². The van der Waals surface area contributed by atoms with Gasteiger partial charge in [-0.25, -0.2) is 0 Å². The van der Waals surface area contributed by atoms with Crippen molar-refractivity contribution in [2.75, 3.05) is 32.5 Å². The standard InChI is InChI=1S/C21H32N2O2S/c1-26-20-7-4-18(5-8-20)16-23-12-10-17(11-13-23)6-9-21(24)22-15-19-3-2-14-25-19/h4-5,7-8,17,19H,2-3,6,9-16H2,1H3,(H,22,24)/t19-/m0/s1. The minimum absolute atomic E-state index is 0.191. The first-order chi connectivity index (χ1) is 12.7. The molecule has 0 saturated carbocycles. The molecule has 3 rings (SSSR count). The maximum Gasteiger partial charge on any atom is 0.220 e. The molecule has 2 saturated heterocycles. The Hall–Kier alpha value is -1.04. The van der Waals surface area contributed by atoms with Crippen LogP contribution in [-0.2, 0) is 16.1 Å². The summed E-state index contributed by atoms with van der Waals surface area (Å²) in [5, 5.41) is 3.04. The van der Waals surface area contributed by atoms with Gasteiger partial charge in [0.15, 0.2) is 0 Å². The Labute approximate surface area is 162 Å². The first-order valence-corrected chi connectivity index (χ1v) is 11.2. The van der Waals surface area contributed by atoms with Gasteiger partial charge in [-0.1, -0.05) is 12.1 Å². The lowest BCUT2D eigenvalue weighted by Crippen LogP contribution is -2.34. The molecule has 1 atom stereocenters. The first kappa shape index (κ1) is 19.7. The molecule has 2 aliphatic heterocycles. The van der Waals surface area contributed by atoms with Gasteiger partial charge in [0, 0.05) is 31.0 Å². The molecule has 0 aliphatic carbocycles. The number of carbonyl (C=O) groups is 1. The summed E-state index contributed by atoms with van der Waals surface area (Å²) >= 11 is 1.79. The Morgan fingerprint density at radius 3 is 2.65 bits per heavy atom. The molecule has 1 aromatic rings. The summed E-state index contributed by atoms with van der Waals surface area (Å²) in [6.07, 6.45) is 8.67. The van der Waals surface area contributed by atoms with E-state index in [0.29, 0.717) is 18.9 Å². The number of hydrogen-bond acceptors (Lipinski definition) is 4. The van der Waals surface area contributed by atoms with E-state index in [9.17, 15) is 4.79 Å². The monoisotopic (exact) mass is 376 g/mol. The Kier molecular flexibility index (Phi) is 7.84. The van der Waals surface area contributed by atoms with E-state index in [1.807, 2.05) is 0 Å².